The Labute approximate surface area is 235 Å². The molecule has 0 spiro atoms. The summed E-state index contributed by atoms with van der Waals surface area (Å²) in [7, 11) is 1.47. The number of alkyl halides is 6. The summed E-state index contributed by atoms with van der Waals surface area (Å²) >= 11 is 0. The largest absolute Gasteiger partial charge is 0.496 e. The van der Waals surface area contributed by atoms with E-state index in [2.05, 4.69) is 19.9 Å². The van der Waals surface area contributed by atoms with E-state index in [1.807, 2.05) is 24.3 Å². The van der Waals surface area contributed by atoms with Gasteiger partial charge in [0.1, 0.15) is 5.75 Å². The number of hydrogen-bond acceptors (Lipinski definition) is 2. The van der Waals surface area contributed by atoms with Crippen molar-refractivity contribution in [3.05, 3.63) is 112 Å². The molecule has 0 fully saturated rings. The molecular weight excluding hydrogens is 540 g/mol. The van der Waals surface area contributed by atoms with E-state index in [-0.39, 0.29) is 18.3 Å². The van der Waals surface area contributed by atoms with Gasteiger partial charge in [-0.3, -0.25) is 0 Å². The Bertz CT molecular complexity index is 1540. The van der Waals surface area contributed by atoms with Crippen molar-refractivity contribution in [2.75, 3.05) is 12.0 Å². The molecular formula is C33H29F6NO. The number of rotatable bonds is 7. The van der Waals surface area contributed by atoms with Gasteiger partial charge in [-0.25, -0.2) is 0 Å². The molecule has 0 bridgehead atoms. The first-order valence-electron chi connectivity index (χ1n) is 13.3. The number of methoxy groups -OCH3 is 1. The second kappa shape index (κ2) is 10.8. The number of ether oxygens (including phenoxy) is 1. The molecule has 0 N–H and O–H groups in total. The SMILES string of the molecule is COc1ccccc1CN(c1cc(C(F)(F)F)cc(C(F)(F)F)c1)c1cccc2c1Cc1cccc(CC(C)C)c1-2. The van der Waals surface area contributed by atoms with Gasteiger partial charge in [-0.05, 0) is 70.5 Å². The van der Waals surface area contributed by atoms with Crippen LogP contribution in [0.3, 0.4) is 0 Å². The average Bonchev–Trinajstić information content (AvgIpc) is 3.30. The smallest absolute Gasteiger partial charge is 0.416 e. The van der Waals surface area contributed by atoms with E-state index >= 15 is 0 Å². The van der Waals surface area contributed by atoms with E-state index in [1.54, 1.807) is 30.3 Å². The van der Waals surface area contributed by atoms with E-state index in [0.717, 1.165) is 40.8 Å². The first-order chi connectivity index (χ1) is 19.4. The fourth-order valence-electron chi connectivity index (χ4n) is 5.61. The Balaban J connectivity index is 1.74. The van der Waals surface area contributed by atoms with Gasteiger partial charge in [0, 0.05) is 23.4 Å². The highest BCUT2D eigenvalue weighted by atomic mass is 19.4. The molecule has 214 valence electrons. The predicted octanol–water partition coefficient (Wildman–Crippen LogP) is 9.84. The Morgan fingerprint density at radius 3 is 2.05 bits per heavy atom. The second-order valence-electron chi connectivity index (χ2n) is 10.7. The third-order valence-electron chi connectivity index (χ3n) is 7.35. The van der Waals surface area contributed by atoms with Crippen molar-refractivity contribution in [1.29, 1.82) is 0 Å². The summed E-state index contributed by atoms with van der Waals surface area (Å²) in [5.41, 5.74) is 3.40. The van der Waals surface area contributed by atoms with Crippen LogP contribution in [0.4, 0.5) is 37.7 Å². The zero-order valence-electron chi connectivity index (χ0n) is 22.8. The van der Waals surface area contributed by atoms with Crippen molar-refractivity contribution in [2.45, 2.75) is 45.6 Å². The lowest BCUT2D eigenvalue weighted by Gasteiger charge is -2.29. The third kappa shape index (κ3) is 5.78. The van der Waals surface area contributed by atoms with Crippen LogP contribution >= 0.6 is 0 Å². The number of fused-ring (bicyclic) bond motifs is 3. The number of hydrogen-bond donors (Lipinski definition) is 0. The van der Waals surface area contributed by atoms with E-state index < -0.39 is 23.5 Å². The summed E-state index contributed by atoms with van der Waals surface area (Å²) < 4.78 is 88.8. The number of anilines is 2. The molecule has 0 unspecified atom stereocenters. The van der Waals surface area contributed by atoms with Crippen LogP contribution in [-0.2, 0) is 31.7 Å². The van der Waals surface area contributed by atoms with Crippen LogP contribution in [0.5, 0.6) is 5.75 Å². The second-order valence-corrected chi connectivity index (χ2v) is 10.7. The molecule has 0 aromatic heterocycles. The highest BCUT2D eigenvalue weighted by Crippen LogP contribution is 2.47. The van der Waals surface area contributed by atoms with Crippen molar-refractivity contribution in [3.63, 3.8) is 0 Å². The molecule has 2 nitrogen and oxygen atoms in total. The Kier molecular flexibility index (Phi) is 7.53. The van der Waals surface area contributed by atoms with Crippen molar-refractivity contribution in [1.82, 2.24) is 0 Å². The lowest BCUT2D eigenvalue weighted by Crippen LogP contribution is -2.21. The van der Waals surface area contributed by atoms with E-state index in [1.165, 1.54) is 17.6 Å². The fraction of sp³-hybridized carbons (Fsp3) is 0.273. The summed E-state index contributed by atoms with van der Waals surface area (Å²) in [6.07, 6.45) is -8.57. The number of nitrogens with zero attached hydrogens (tertiary/aromatic N) is 1. The van der Waals surface area contributed by atoms with Crippen molar-refractivity contribution < 1.29 is 31.1 Å². The normalized spacial score (nSPS) is 12.8. The van der Waals surface area contributed by atoms with Crippen LogP contribution < -0.4 is 9.64 Å². The highest BCUT2D eigenvalue weighted by Gasteiger charge is 2.38. The molecule has 1 aliphatic carbocycles. The highest BCUT2D eigenvalue weighted by molar-refractivity contribution is 5.86. The van der Waals surface area contributed by atoms with Gasteiger partial charge in [0.05, 0.1) is 24.8 Å². The zero-order chi connectivity index (χ0) is 29.5. The lowest BCUT2D eigenvalue weighted by molar-refractivity contribution is -0.143. The topological polar surface area (TPSA) is 12.5 Å². The van der Waals surface area contributed by atoms with Gasteiger partial charge >= 0.3 is 12.4 Å². The monoisotopic (exact) mass is 569 g/mol. The van der Waals surface area contributed by atoms with Gasteiger partial charge in [-0.2, -0.15) is 26.3 Å². The first kappa shape index (κ1) is 28.6. The van der Waals surface area contributed by atoms with Crippen LogP contribution in [0, 0.1) is 5.92 Å². The molecule has 0 heterocycles. The summed E-state index contributed by atoms with van der Waals surface area (Å²) in [5.74, 6) is 0.886. The minimum Gasteiger partial charge on any atom is -0.496 e. The van der Waals surface area contributed by atoms with Crippen molar-refractivity contribution >= 4 is 11.4 Å². The van der Waals surface area contributed by atoms with Crippen LogP contribution in [0.2, 0.25) is 0 Å². The number of para-hydroxylation sites is 1. The molecule has 0 atom stereocenters. The maximum Gasteiger partial charge on any atom is 0.416 e. The maximum atomic E-state index is 13.9. The van der Waals surface area contributed by atoms with E-state index in [9.17, 15) is 26.3 Å². The number of halogens is 6. The average molecular weight is 570 g/mol. The minimum absolute atomic E-state index is 0.00568. The summed E-state index contributed by atoms with van der Waals surface area (Å²) in [6, 6.07) is 20.4. The third-order valence-corrected chi connectivity index (χ3v) is 7.35. The first-order valence-corrected chi connectivity index (χ1v) is 13.3. The van der Waals surface area contributed by atoms with Crippen LogP contribution in [0.25, 0.3) is 11.1 Å². The van der Waals surface area contributed by atoms with Gasteiger partial charge in [-0.15, -0.1) is 0 Å². The summed E-state index contributed by atoms with van der Waals surface area (Å²) in [6.45, 7) is 4.26. The van der Waals surface area contributed by atoms with Crippen molar-refractivity contribution in [3.8, 4) is 16.9 Å². The molecule has 0 radical (unpaired) electrons. The summed E-state index contributed by atoms with van der Waals surface area (Å²) in [4.78, 5) is 1.54. The van der Waals surface area contributed by atoms with Crippen LogP contribution in [0.1, 0.15) is 47.2 Å². The van der Waals surface area contributed by atoms with Crippen LogP contribution in [0.15, 0.2) is 78.9 Å². The molecule has 0 amide bonds. The maximum absolute atomic E-state index is 13.9. The molecule has 0 aliphatic heterocycles. The lowest BCUT2D eigenvalue weighted by atomic mass is 9.93. The molecule has 0 saturated heterocycles. The Hall–Kier alpha value is -3.94. The molecule has 4 aromatic carbocycles. The molecule has 5 rings (SSSR count). The van der Waals surface area contributed by atoms with Crippen LogP contribution in [-0.4, -0.2) is 7.11 Å². The standard InChI is InChI=1S/C33H29F6NO/c1-20(2)14-21-9-6-10-22-15-28-27(31(21)22)11-7-12-29(28)40(19-23-8-4-5-13-30(23)41-3)26-17-24(32(34,35)36)16-25(18-26)33(37,38)39/h4-13,16-18,20H,14-15,19H2,1-3H3. The Morgan fingerprint density at radius 1 is 0.780 bits per heavy atom. The minimum atomic E-state index is -4.97. The molecule has 41 heavy (non-hydrogen) atoms. The molecule has 4 aromatic rings. The van der Waals surface area contributed by atoms with E-state index in [0.29, 0.717) is 29.3 Å². The fourth-order valence-corrected chi connectivity index (χ4v) is 5.61. The quantitative estimate of drug-likeness (QED) is 0.181. The van der Waals surface area contributed by atoms with Gasteiger partial charge in [0.15, 0.2) is 0 Å². The van der Waals surface area contributed by atoms with Gasteiger partial charge < -0.3 is 9.64 Å². The molecule has 0 saturated carbocycles. The number of benzene rings is 4. The van der Waals surface area contributed by atoms with E-state index in [4.69, 9.17) is 4.74 Å². The zero-order valence-corrected chi connectivity index (χ0v) is 22.8. The Morgan fingerprint density at radius 2 is 1.41 bits per heavy atom. The van der Waals surface area contributed by atoms with Crippen molar-refractivity contribution in [2.24, 2.45) is 5.92 Å². The van der Waals surface area contributed by atoms with Gasteiger partial charge in [0.25, 0.3) is 0 Å². The van der Waals surface area contributed by atoms with Gasteiger partial charge in [-0.1, -0.05) is 62.4 Å². The van der Waals surface area contributed by atoms with Gasteiger partial charge in [0.2, 0.25) is 0 Å². The predicted molar refractivity (Wildman–Crippen MR) is 149 cm³/mol. The summed E-state index contributed by atoms with van der Waals surface area (Å²) in [5, 5.41) is 0. The molecule has 8 heteroatoms. The molecule has 1 aliphatic rings.